The highest BCUT2D eigenvalue weighted by Crippen LogP contribution is 2.42. The number of ether oxygens (including phenoxy) is 2. The van der Waals surface area contributed by atoms with Crippen LogP contribution in [-0.2, 0) is 32.1 Å². The van der Waals surface area contributed by atoms with Crippen molar-refractivity contribution in [1.29, 1.82) is 0 Å². The molecular formula is C26H25F3N2O8S. The average molecular weight is 583 g/mol. The molecule has 3 aromatic rings. The van der Waals surface area contributed by atoms with Gasteiger partial charge in [0, 0.05) is 6.26 Å². The molecule has 0 saturated heterocycles. The van der Waals surface area contributed by atoms with E-state index < -0.39 is 73.5 Å². The van der Waals surface area contributed by atoms with Gasteiger partial charge in [-0.05, 0) is 50.6 Å². The normalized spacial score (nSPS) is 15.4. The number of esters is 1. The molecule has 4 rings (SSSR count). The molecular weight excluding hydrogens is 557 g/mol. The van der Waals surface area contributed by atoms with E-state index >= 15 is 0 Å². The van der Waals surface area contributed by atoms with Crippen LogP contribution in [-0.4, -0.2) is 48.4 Å². The van der Waals surface area contributed by atoms with E-state index in [1.165, 1.54) is 18.2 Å². The largest absolute Gasteiger partial charge is 0.506 e. The zero-order valence-corrected chi connectivity index (χ0v) is 22.6. The zero-order chi connectivity index (χ0) is 29.8. The molecule has 40 heavy (non-hydrogen) atoms. The molecule has 2 aromatic carbocycles. The molecule has 214 valence electrons. The predicted octanol–water partition coefficient (Wildman–Crippen LogP) is 3.33. The topological polar surface area (TPSA) is 141 Å². The molecule has 1 aromatic heterocycles. The number of rotatable bonds is 5. The van der Waals surface area contributed by atoms with Crippen LogP contribution in [0.3, 0.4) is 0 Å². The summed E-state index contributed by atoms with van der Waals surface area (Å²) < 4.78 is 76.2. The first-order valence-corrected chi connectivity index (χ1v) is 13.7. The summed E-state index contributed by atoms with van der Waals surface area (Å²) in [6.45, 7) is 3.85. The molecule has 0 aliphatic carbocycles. The number of carbonyl (C=O) groups is 2. The molecule has 0 radical (unpaired) electrons. The number of hydrogen-bond donors (Lipinski definition) is 2. The van der Waals surface area contributed by atoms with Gasteiger partial charge in [-0.25, -0.2) is 8.42 Å². The van der Waals surface area contributed by atoms with Crippen LogP contribution in [0.2, 0.25) is 0 Å². The molecule has 10 nitrogen and oxygen atoms in total. The van der Waals surface area contributed by atoms with Gasteiger partial charge in [0.2, 0.25) is 0 Å². The summed E-state index contributed by atoms with van der Waals surface area (Å²) in [5.41, 5.74) is -3.44. The van der Waals surface area contributed by atoms with E-state index in [4.69, 9.17) is 9.47 Å². The Morgan fingerprint density at radius 3 is 2.30 bits per heavy atom. The summed E-state index contributed by atoms with van der Waals surface area (Å²) in [4.78, 5) is 38.2. The average Bonchev–Trinajstić information content (AvgIpc) is 2.83. The minimum absolute atomic E-state index is 0.0355. The monoisotopic (exact) mass is 582 g/mol. The Kier molecular flexibility index (Phi) is 7.12. The van der Waals surface area contributed by atoms with Gasteiger partial charge in [0.1, 0.15) is 35.3 Å². The van der Waals surface area contributed by atoms with Crippen molar-refractivity contribution >= 4 is 32.6 Å². The lowest BCUT2D eigenvalue weighted by atomic mass is 10.0. The zero-order valence-electron chi connectivity index (χ0n) is 21.7. The standard InChI is InChI=1S/C26H25F3N2O8S/c1-25(2,3)39-18(32)11-30-23(34)20-22(33)19-17(40(4,36)37)10-9-15-21(19)31(24(20)35)12-16(38-15)13-5-7-14(8-6-13)26(27,28)29/h5-10,16,33H,11-12H2,1-4H3,(H,30,34). The quantitative estimate of drug-likeness (QED) is 0.437. The Bertz CT molecular complexity index is 1690. The van der Waals surface area contributed by atoms with Gasteiger partial charge in [-0.1, -0.05) is 12.1 Å². The van der Waals surface area contributed by atoms with Gasteiger partial charge in [0.15, 0.2) is 9.84 Å². The number of amides is 1. The maximum Gasteiger partial charge on any atom is 0.416 e. The van der Waals surface area contributed by atoms with Crippen molar-refractivity contribution in [2.75, 3.05) is 12.8 Å². The molecule has 0 saturated carbocycles. The van der Waals surface area contributed by atoms with Crippen LogP contribution in [0.1, 0.15) is 48.4 Å². The first kappa shape index (κ1) is 28.9. The first-order valence-electron chi connectivity index (χ1n) is 11.8. The minimum Gasteiger partial charge on any atom is -0.506 e. The van der Waals surface area contributed by atoms with Crippen molar-refractivity contribution in [3.05, 3.63) is 63.4 Å². The second-order valence-electron chi connectivity index (χ2n) is 10.2. The second-order valence-corrected chi connectivity index (χ2v) is 12.2. The highest BCUT2D eigenvalue weighted by Gasteiger charge is 2.34. The third-order valence-electron chi connectivity index (χ3n) is 5.97. The molecule has 1 amide bonds. The van der Waals surface area contributed by atoms with Gasteiger partial charge in [-0.3, -0.25) is 19.0 Å². The number of pyridine rings is 1. The van der Waals surface area contributed by atoms with E-state index in [0.29, 0.717) is 0 Å². The third kappa shape index (κ3) is 5.62. The Morgan fingerprint density at radius 2 is 1.75 bits per heavy atom. The lowest BCUT2D eigenvalue weighted by molar-refractivity contribution is -0.153. The maximum atomic E-state index is 13.5. The molecule has 14 heteroatoms. The number of aromatic hydroxyl groups is 1. The van der Waals surface area contributed by atoms with Gasteiger partial charge in [-0.15, -0.1) is 0 Å². The van der Waals surface area contributed by atoms with E-state index in [1.54, 1.807) is 20.8 Å². The Morgan fingerprint density at radius 1 is 1.12 bits per heavy atom. The lowest BCUT2D eigenvalue weighted by Gasteiger charge is -2.29. The van der Waals surface area contributed by atoms with Crippen molar-refractivity contribution in [1.82, 2.24) is 9.88 Å². The highest BCUT2D eigenvalue weighted by atomic mass is 32.2. The summed E-state index contributed by atoms with van der Waals surface area (Å²) in [7, 11) is -4.00. The minimum atomic E-state index is -4.57. The summed E-state index contributed by atoms with van der Waals surface area (Å²) in [6, 6.07) is 6.45. The SMILES string of the molecule is CC(C)(C)OC(=O)CNC(=O)c1c(O)c2c(S(C)(=O)=O)ccc3c2n(c1=O)CC(c1ccc(C(F)(F)F)cc1)O3. The van der Waals surface area contributed by atoms with E-state index in [9.17, 15) is 41.1 Å². The molecule has 1 aliphatic heterocycles. The van der Waals surface area contributed by atoms with Crippen LogP contribution < -0.4 is 15.6 Å². The molecule has 1 atom stereocenters. The fourth-order valence-corrected chi connectivity index (χ4v) is 5.21. The second kappa shape index (κ2) is 9.84. The number of nitrogens with zero attached hydrogens (tertiary/aromatic N) is 1. The van der Waals surface area contributed by atoms with Crippen LogP contribution in [0, 0.1) is 0 Å². The first-order chi connectivity index (χ1) is 18.4. The maximum absolute atomic E-state index is 13.5. The number of alkyl halides is 3. The molecule has 1 aliphatic rings. The van der Waals surface area contributed by atoms with Crippen LogP contribution in [0.15, 0.2) is 46.1 Å². The fourth-order valence-electron chi connectivity index (χ4n) is 4.33. The summed E-state index contributed by atoms with van der Waals surface area (Å²) >= 11 is 0. The van der Waals surface area contributed by atoms with Gasteiger partial charge in [0.05, 0.1) is 27.9 Å². The van der Waals surface area contributed by atoms with Gasteiger partial charge in [-0.2, -0.15) is 13.2 Å². The van der Waals surface area contributed by atoms with E-state index in [1.807, 2.05) is 0 Å². The van der Waals surface area contributed by atoms with Gasteiger partial charge in [0.25, 0.3) is 11.5 Å². The number of halogens is 3. The van der Waals surface area contributed by atoms with Crippen LogP contribution in [0.5, 0.6) is 11.5 Å². The number of nitrogens with one attached hydrogen (secondary N) is 1. The highest BCUT2D eigenvalue weighted by molar-refractivity contribution is 7.91. The number of sulfone groups is 1. The Balaban J connectivity index is 1.83. The number of benzene rings is 2. The van der Waals surface area contributed by atoms with Crippen molar-refractivity contribution in [2.24, 2.45) is 0 Å². The van der Waals surface area contributed by atoms with Gasteiger partial charge >= 0.3 is 12.1 Å². The molecule has 0 fully saturated rings. The van der Waals surface area contributed by atoms with Crippen molar-refractivity contribution in [3.63, 3.8) is 0 Å². The fraction of sp³-hybridized carbons (Fsp3) is 0.346. The summed E-state index contributed by atoms with van der Waals surface area (Å²) in [6.07, 6.45) is -4.69. The van der Waals surface area contributed by atoms with E-state index in [0.717, 1.165) is 29.0 Å². The smallest absolute Gasteiger partial charge is 0.416 e. The molecule has 2 N–H and O–H groups in total. The molecule has 1 unspecified atom stereocenters. The van der Waals surface area contributed by atoms with E-state index in [2.05, 4.69) is 5.32 Å². The van der Waals surface area contributed by atoms with E-state index in [-0.39, 0.29) is 28.8 Å². The van der Waals surface area contributed by atoms with Crippen LogP contribution in [0.25, 0.3) is 10.9 Å². The Labute approximate surface area is 226 Å². The lowest BCUT2D eigenvalue weighted by Crippen LogP contribution is -2.39. The molecule has 0 spiro atoms. The predicted molar refractivity (Wildman–Crippen MR) is 136 cm³/mol. The molecule has 0 bridgehead atoms. The van der Waals surface area contributed by atoms with Crippen molar-refractivity contribution in [3.8, 4) is 11.5 Å². The van der Waals surface area contributed by atoms with Crippen molar-refractivity contribution in [2.45, 2.75) is 50.1 Å². The van der Waals surface area contributed by atoms with Gasteiger partial charge < -0.3 is 19.9 Å². The van der Waals surface area contributed by atoms with Crippen LogP contribution >= 0.6 is 0 Å². The van der Waals surface area contributed by atoms with Crippen LogP contribution in [0.4, 0.5) is 13.2 Å². The number of carbonyl (C=O) groups excluding carboxylic acids is 2. The Hall–Kier alpha value is -4.07. The number of aromatic nitrogens is 1. The summed E-state index contributed by atoms with van der Waals surface area (Å²) in [5, 5.41) is 12.9. The molecule has 2 heterocycles. The third-order valence-corrected chi connectivity index (χ3v) is 7.11. The number of hydrogen-bond acceptors (Lipinski definition) is 8. The van der Waals surface area contributed by atoms with Crippen molar-refractivity contribution < 1.29 is 45.8 Å². The summed E-state index contributed by atoms with van der Waals surface area (Å²) in [5.74, 6) is -2.96.